The summed E-state index contributed by atoms with van der Waals surface area (Å²) in [5, 5.41) is 0. The largest absolute Gasteiger partial charge is 0.338 e. The summed E-state index contributed by atoms with van der Waals surface area (Å²) in [4.78, 5) is 16.7. The Morgan fingerprint density at radius 3 is 2.09 bits per heavy atom. The Hall–Kier alpha value is -1.35. The Labute approximate surface area is 137 Å². The van der Waals surface area contributed by atoms with E-state index in [1.54, 1.807) is 0 Å². The highest BCUT2D eigenvalue weighted by Crippen LogP contribution is 2.25. The van der Waals surface area contributed by atoms with Gasteiger partial charge in [0.1, 0.15) is 6.04 Å². The van der Waals surface area contributed by atoms with Crippen LogP contribution >= 0.6 is 0 Å². The van der Waals surface area contributed by atoms with Crippen LogP contribution in [0.3, 0.4) is 0 Å². The first-order valence-corrected chi connectivity index (χ1v) is 8.63. The van der Waals surface area contributed by atoms with Gasteiger partial charge in [-0.1, -0.05) is 58.0 Å². The van der Waals surface area contributed by atoms with Gasteiger partial charge in [0.05, 0.1) is 0 Å². The molecule has 1 aromatic carbocycles. The summed E-state index contributed by atoms with van der Waals surface area (Å²) < 4.78 is 0. The average Bonchev–Trinajstić information content (AvgIpc) is 2.98. The molecule has 3 heteroatoms. The van der Waals surface area contributed by atoms with Crippen LogP contribution in [0.1, 0.15) is 59.1 Å². The van der Waals surface area contributed by atoms with Crippen molar-refractivity contribution in [2.75, 3.05) is 20.6 Å². The first-order valence-electron chi connectivity index (χ1n) is 8.63. The van der Waals surface area contributed by atoms with Crippen molar-refractivity contribution in [3.8, 4) is 0 Å². The fourth-order valence-electron chi connectivity index (χ4n) is 2.71. The quantitative estimate of drug-likeness (QED) is 0.828. The number of hydrogen-bond donors (Lipinski definition) is 0. The zero-order chi connectivity index (χ0) is 17.1. The first-order chi connectivity index (χ1) is 10.6. The number of carbonyl (C=O) groups is 1. The lowest BCUT2D eigenvalue weighted by molar-refractivity contribution is -0.136. The van der Waals surface area contributed by atoms with E-state index in [9.17, 15) is 4.79 Å². The van der Waals surface area contributed by atoms with Gasteiger partial charge in [0, 0.05) is 12.6 Å². The van der Waals surface area contributed by atoms with Gasteiger partial charge in [-0.05, 0) is 39.4 Å². The maximum absolute atomic E-state index is 12.7. The molecule has 1 aliphatic rings. The van der Waals surface area contributed by atoms with Gasteiger partial charge >= 0.3 is 0 Å². The minimum Gasteiger partial charge on any atom is -0.338 e. The molecule has 1 saturated heterocycles. The second-order valence-electron chi connectivity index (χ2n) is 5.30. The molecule has 1 heterocycles. The molecule has 0 aliphatic carbocycles. The molecular formula is C19H34N2O. The molecule has 0 saturated carbocycles. The number of likely N-dealkylation sites (N-methyl/N-ethyl adjacent to an activating group) is 1. The predicted octanol–water partition coefficient (Wildman–Crippen LogP) is 4.35. The Morgan fingerprint density at radius 2 is 1.68 bits per heavy atom. The zero-order valence-electron chi connectivity index (χ0n) is 15.5. The van der Waals surface area contributed by atoms with Gasteiger partial charge in [-0.2, -0.15) is 0 Å². The monoisotopic (exact) mass is 306 g/mol. The minimum absolute atomic E-state index is 0.160. The normalized spacial score (nSPS) is 18.0. The smallest absolute Gasteiger partial charge is 0.244 e. The van der Waals surface area contributed by atoms with E-state index in [-0.39, 0.29) is 11.9 Å². The van der Waals surface area contributed by atoms with E-state index in [4.69, 9.17) is 0 Å². The molecular weight excluding hydrogens is 272 g/mol. The van der Waals surface area contributed by atoms with Crippen LogP contribution < -0.4 is 0 Å². The van der Waals surface area contributed by atoms with Crippen molar-refractivity contribution in [2.45, 2.75) is 59.5 Å². The molecule has 0 spiro atoms. The van der Waals surface area contributed by atoms with Crippen LogP contribution in [0, 0.1) is 0 Å². The topological polar surface area (TPSA) is 23.6 Å². The molecule has 2 rings (SSSR count). The van der Waals surface area contributed by atoms with Crippen LogP contribution in [0.15, 0.2) is 30.3 Å². The number of benzene rings is 1. The summed E-state index contributed by atoms with van der Waals surface area (Å²) in [6.07, 6.45) is 2.25. The van der Waals surface area contributed by atoms with Crippen molar-refractivity contribution in [1.82, 2.24) is 9.80 Å². The van der Waals surface area contributed by atoms with Gasteiger partial charge in [0.15, 0.2) is 0 Å². The summed E-state index contributed by atoms with van der Waals surface area (Å²) in [6.45, 7) is 11.0. The van der Waals surface area contributed by atoms with E-state index >= 15 is 0 Å². The molecule has 0 bridgehead atoms. The molecule has 0 N–H and O–H groups in total. The molecule has 2 unspecified atom stereocenters. The molecule has 22 heavy (non-hydrogen) atoms. The highest BCUT2D eigenvalue weighted by Gasteiger charge is 2.32. The predicted molar refractivity (Wildman–Crippen MR) is 96.0 cm³/mol. The van der Waals surface area contributed by atoms with Crippen LogP contribution in [0.2, 0.25) is 0 Å². The van der Waals surface area contributed by atoms with E-state index < -0.39 is 0 Å². The molecule has 3 nitrogen and oxygen atoms in total. The molecule has 1 fully saturated rings. The van der Waals surface area contributed by atoms with Gasteiger partial charge < -0.3 is 4.90 Å². The van der Waals surface area contributed by atoms with Gasteiger partial charge in [0.25, 0.3) is 0 Å². The number of likely N-dealkylation sites (tertiary alicyclic amines) is 1. The van der Waals surface area contributed by atoms with Crippen molar-refractivity contribution in [3.05, 3.63) is 35.9 Å². The van der Waals surface area contributed by atoms with Gasteiger partial charge in [-0.25, -0.2) is 0 Å². The number of carbonyl (C=O) groups excluding carboxylic acids is 1. The van der Waals surface area contributed by atoms with Crippen molar-refractivity contribution in [1.29, 1.82) is 0 Å². The van der Waals surface area contributed by atoms with E-state index in [1.807, 2.05) is 81.9 Å². The zero-order valence-corrected chi connectivity index (χ0v) is 15.5. The third kappa shape index (κ3) is 5.45. The lowest BCUT2D eigenvalue weighted by Crippen LogP contribution is -2.42. The van der Waals surface area contributed by atoms with Crippen molar-refractivity contribution >= 4 is 5.91 Å². The molecule has 1 aliphatic heterocycles. The van der Waals surface area contributed by atoms with Crippen LogP contribution in [0.5, 0.6) is 0 Å². The Bertz CT molecular complexity index is 403. The SMILES string of the molecule is CC.CC.CC1CCCN1C(=O)C(c1ccccc1)N(C)C. The second-order valence-corrected chi connectivity index (χ2v) is 5.30. The molecule has 1 amide bonds. The molecule has 1 aromatic rings. The lowest BCUT2D eigenvalue weighted by Gasteiger charge is -2.30. The summed E-state index contributed by atoms with van der Waals surface area (Å²) in [5.41, 5.74) is 1.08. The van der Waals surface area contributed by atoms with E-state index in [0.717, 1.165) is 24.9 Å². The summed E-state index contributed by atoms with van der Waals surface area (Å²) in [5.74, 6) is 0.233. The summed E-state index contributed by atoms with van der Waals surface area (Å²) in [6, 6.07) is 10.3. The van der Waals surface area contributed by atoms with Crippen LogP contribution in [-0.2, 0) is 4.79 Å². The number of amides is 1. The van der Waals surface area contributed by atoms with Gasteiger partial charge in [-0.3, -0.25) is 9.69 Å². The number of nitrogens with zero attached hydrogens (tertiary/aromatic N) is 2. The lowest BCUT2D eigenvalue weighted by atomic mass is 10.0. The number of rotatable bonds is 3. The molecule has 0 radical (unpaired) electrons. The molecule has 0 aromatic heterocycles. The Kier molecular flexibility index (Phi) is 10.6. The van der Waals surface area contributed by atoms with E-state index in [1.165, 1.54) is 0 Å². The molecule has 126 valence electrons. The Morgan fingerprint density at radius 1 is 1.14 bits per heavy atom. The fourth-order valence-corrected chi connectivity index (χ4v) is 2.71. The minimum atomic E-state index is -0.160. The Balaban J connectivity index is 0.00000102. The number of hydrogen-bond acceptors (Lipinski definition) is 2. The molecule has 2 atom stereocenters. The summed E-state index contributed by atoms with van der Waals surface area (Å²) >= 11 is 0. The van der Waals surface area contributed by atoms with Gasteiger partial charge in [-0.15, -0.1) is 0 Å². The third-order valence-electron chi connectivity index (χ3n) is 3.70. The highest BCUT2D eigenvalue weighted by atomic mass is 16.2. The highest BCUT2D eigenvalue weighted by molar-refractivity contribution is 5.83. The first kappa shape index (κ1) is 20.6. The van der Waals surface area contributed by atoms with Crippen LogP contribution in [0.4, 0.5) is 0 Å². The van der Waals surface area contributed by atoms with Crippen molar-refractivity contribution < 1.29 is 4.79 Å². The van der Waals surface area contributed by atoms with E-state index in [2.05, 4.69) is 6.92 Å². The van der Waals surface area contributed by atoms with Crippen LogP contribution in [0.25, 0.3) is 0 Å². The van der Waals surface area contributed by atoms with Crippen molar-refractivity contribution in [2.24, 2.45) is 0 Å². The van der Waals surface area contributed by atoms with Crippen molar-refractivity contribution in [3.63, 3.8) is 0 Å². The van der Waals surface area contributed by atoms with Crippen LogP contribution in [-0.4, -0.2) is 42.4 Å². The maximum atomic E-state index is 12.7. The van der Waals surface area contributed by atoms with E-state index in [0.29, 0.717) is 6.04 Å². The third-order valence-corrected chi connectivity index (χ3v) is 3.70. The summed E-state index contributed by atoms with van der Waals surface area (Å²) in [7, 11) is 3.94. The fraction of sp³-hybridized carbons (Fsp3) is 0.632. The maximum Gasteiger partial charge on any atom is 0.244 e. The average molecular weight is 306 g/mol. The standard InChI is InChI=1S/C15H22N2O.2C2H6/c1-12-8-7-11-17(12)15(18)14(16(2)3)13-9-5-4-6-10-13;2*1-2/h4-6,9-10,12,14H,7-8,11H2,1-3H3;2*1-2H3. The second kappa shape index (κ2) is 11.2. The van der Waals surface area contributed by atoms with Gasteiger partial charge in [0.2, 0.25) is 5.91 Å².